The Labute approximate surface area is 121 Å². The van der Waals surface area contributed by atoms with Crippen LogP contribution in [0.15, 0.2) is 17.5 Å². The fourth-order valence-corrected chi connectivity index (χ4v) is 3.34. The van der Waals surface area contributed by atoms with E-state index in [9.17, 15) is 0 Å². The molecule has 1 aliphatic heterocycles. The second-order valence-electron chi connectivity index (χ2n) is 5.88. The van der Waals surface area contributed by atoms with Crippen LogP contribution in [-0.4, -0.2) is 50.3 Å². The fourth-order valence-electron chi connectivity index (χ4n) is 2.49. The Morgan fingerprint density at radius 2 is 2.37 bits per heavy atom. The molecule has 1 aromatic rings. The van der Waals surface area contributed by atoms with Gasteiger partial charge in [-0.2, -0.15) is 0 Å². The van der Waals surface area contributed by atoms with Crippen molar-refractivity contribution in [3.8, 4) is 0 Å². The quantitative estimate of drug-likeness (QED) is 0.867. The zero-order chi connectivity index (χ0) is 13.7. The minimum absolute atomic E-state index is 0.202. The van der Waals surface area contributed by atoms with Gasteiger partial charge >= 0.3 is 0 Å². The van der Waals surface area contributed by atoms with Crippen LogP contribution in [0.1, 0.15) is 25.6 Å². The summed E-state index contributed by atoms with van der Waals surface area (Å²) in [6.45, 7) is 12.9. The van der Waals surface area contributed by atoms with Crippen molar-refractivity contribution in [1.29, 1.82) is 0 Å². The van der Waals surface area contributed by atoms with Gasteiger partial charge < -0.3 is 10.1 Å². The van der Waals surface area contributed by atoms with Crippen LogP contribution in [0.2, 0.25) is 0 Å². The van der Waals surface area contributed by atoms with Crippen molar-refractivity contribution in [1.82, 2.24) is 10.2 Å². The fraction of sp³-hybridized carbons (Fsp3) is 0.733. The molecule has 1 unspecified atom stereocenters. The zero-order valence-electron chi connectivity index (χ0n) is 12.3. The minimum atomic E-state index is 0.202. The molecule has 0 amide bonds. The lowest BCUT2D eigenvalue weighted by molar-refractivity contribution is -0.0255. The van der Waals surface area contributed by atoms with E-state index >= 15 is 0 Å². The summed E-state index contributed by atoms with van der Waals surface area (Å²) in [6.07, 6.45) is 0.341. The van der Waals surface area contributed by atoms with Gasteiger partial charge in [-0.15, -0.1) is 11.3 Å². The number of rotatable bonds is 6. The highest BCUT2D eigenvalue weighted by Gasteiger charge is 2.23. The molecule has 0 radical (unpaired) electrons. The van der Waals surface area contributed by atoms with Crippen molar-refractivity contribution in [2.45, 2.75) is 32.3 Å². The van der Waals surface area contributed by atoms with Gasteiger partial charge in [-0.05, 0) is 18.0 Å². The summed E-state index contributed by atoms with van der Waals surface area (Å²) in [5.74, 6) is 0. The molecular formula is C15H26N2OS. The Bertz CT molecular complexity index is 364. The van der Waals surface area contributed by atoms with Gasteiger partial charge in [0.15, 0.2) is 0 Å². The van der Waals surface area contributed by atoms with Crippen molar-refractivity contribution < 1.29 is 4.74 Å². The molecule has 0 spiro atoms. The van der Waals surface area contributed by atoms with Gasteiger partial charge in [0.05, 0.1) is 12.7 Å². The van der Waals surface area contributed by atoms with Gasteiger partial charge in [-0.3, -0.25) is 4.90 Å². The van der Waals surface area contributed by atoms with Crippen molar-refractivity contribution in [3.63, 3.8) is 0 Å². The number of likely N-dealkylation sites (N-methyl/N-ethyl adjacent to an activating group) is 1. The van der Waals surface area contributed by atoms with E-state index in [0.717, 1.165) is 39.3 Å². The molecule has 3 nitrogen and oxygen atoms in total. The highest BCUT2D eigenvalue weighted by Crippen LogP contribution is 2.26. The topological polar surface area (TPSA) is 24.5 Å². The molecule has 1 fully saturated rings. The van der Waals surface area contributed by atoms with E-state index in [1.165, 1.54) is 4.88 Å². The summed E-state index contributed by atoms with van der Waals surface area (Å²) >= 11 is 1.84. The summed E-state index contributed by atoms with van der Waals surface area (Å²) in [4.78, 5) is 3.90. The number of morpholine rings is 1. The molecule has 19 heavy (non-hydrogen) atoms. The molecule has 1 aliphatic rings. The summed E-state index contributed by atoms with van der Waals surface area (Å²) in [6, 6.07) is 4.35. The van der Waals surface area contributed by atoms with E-state index in [2.05, 4.69) is 48.5 Å². The first-order chi connectivity index (χ1) is 9.12. The van der Waals surface area contributed by atoms with Gasteiger partial charge in [0, 0.05) is 36.5 Å². The van der Waals surface area contributed by atoms with E-state index in [1.54, 1.807) is 0 Å². The second-order valence-corrected chi connectivity index (χ2v) is 6.83. The smallest absolute Gasteiger partial charge is 0.0826 e. The predicted molar refractivity (Wildman–Crippen MR) is 82.1 cm³/mol. The van der Waals surface area contributed by atoms with E-state index in [4.69, 9.17) is 4.74 Å². The lowest BCUT2D eigenvalue weighted by Gasteiger charge is -2.33. The molecule has 1 atom stereocenters. The molecule has 0 aromatic carbocycles. The van der Waals surface area contributed by atoms with E-state index < -0.39 is 0 Å². The van der Waals surface area contributed by atoms with Gasteiger partial charge in [-0.25, -0.2) is 0 Å². The first kappa shape index (κ1) is 15.0. The summed E-state index contributed by atoms with van der Waals surface area (Å²) in [7, 11) is 0. The van der Waals surface area contributed by atoms with E-state index in [0.29, 0.717) is 6.10 Å². The normalized spacial score (nSPS) is 21.7. The Morgan fingerprint density at radius 1 is 1.53 bits per heavy atom. The number of nitrogens with zero attached hydrogens (tertiary/aromatic N) is 1. The monoisotopic (exact) mass is 282 g/mol. The predicted octanol–water partition coefficient (Wildman–Crippen LogP) is 2.34. The minimum Gasteiger partial charge on any atom is -0.374 e. The van der Waals surface area contributed by atoms with Crippen molar-refractivity contribution in [2.24, 2.45) is 0 Å². The van der Waals surface area contributed by atoms with E-state index in [1.807, 2.05) is 11.3 Å². The maximum absolute atomic E-state index is 5.81. The standard InChI is InChI=1S/C15H26N2OS/c1-4-17-7-8-18-13(11-17)10-16-12-15(2,3)14-6-5-9-19-14/h5-6,9,13,16H,4,7-8,10-12H2,1-3H3. The second kappa shape index (κ2) is 6.84. The Kier molecular flexibility index (Phi) is 5.39. The van der Waals surface area contributed by atoms with Crippen LogP contribution in [0, 0.1) is 0 Å². The maximum Gasteiger partial charge on any atom is 0.0826 e. The SMILES string of the molecule is CCN1CCOC(CNCC(C)(C)c2cccs2)C1. The Balaban J connectivity index is 1.74. The van der Waals surface area contributed by atoms with Crippen molar-refractivity contribution in [3.05, 3.63) is 22.4 Å². The molecule has 2 heterocycles. The highest BCUT2D eigenvalue weighted by molar-refractivity contribution is 7.10. The van der Waals surface area contributed by atoms with Gasteiger partial charge in [0.2, 0.25) is 0 Å². The van der Waals surface area contributed by atoms with Gasteiger partial charge in [-0.1, -0.05) is 26.8 Å². The van der Waals surface area contributed by atoms with Crippen molar-refractivity contribution >= 4 is 11.3 Å². The lowest BCUT2D eigenvalue weighted by atomic mass is 9.91. The molecule has 2 rings (SSSR count). The first-order valence-corrected chi connectivity index (χ1v) is 8.08. The molecule has 0 saturated carbocycles. The lowest BCUT2D eigenvalue weighted by Crippen LogP contribution is -2.47. The summed E-state index contributed by atoms with van der Waals surface area (Å²) in [5, 5.41) is 5.74. The maximum atomic E-state index is 5.81. The molecular weight excluding hydrogens is 256 g/mol. The first-order valence-electron chi connectivity index (χ1n) is 7.20. The Morgan fingerprint density at radius 3 is 3.05 bits per heavy atom. The molecule has 1 N–H and O–H groups in total. The van der Waals surface area contributed by atoms with Crippen LogP contribution < -0.4 is 5.32 Å². The molecule has 0 bridgehead atoms. The summed E-state index contributed by atoms with van der Waals surface area (Å²) in [5.41, 5.74) is 0.202. The number of nitrogens with one attached hydrogen (secondary N) is 1. The van der Waals surface area contributed by atoms with Crippen LogP contribution in [0.5, 0.6) is 0 Å². The molecule has 1 saturated heterocycles. The third-order valence-electron chi connectivity index (χ3n) is 3.80. The molecule has 4 heteroatoms. The van der Waals surface area contributed by atoms with Crippen LogP contribution in [-0.2, 0) is 10.2 Å². The third-order valence-corrected chi connectivity index (χ3v) is 5.03. The number of thiophene rings is 1. The summed E-state index contributed by atoms with van der Waals surface area (Å²) < 4.78 is 5.81. The van der Waals surface area contributed by atoms with Crippen LogP contribution >= 0.6 is 11.3 Å². The number of ether oxygens (including phenoxy) is 1. The van der Waals surface area contributed by atoms with E-state index in [-0.39, 0.29) is 5.41 Å². The van der Waals surface area contributed by atoms with Crippen molar-refractivity contribution in [2.75, 3.05) is 39.3 Å². The average molecular weight is 282 g/mol. The van der Waals surface area contributed by atoms with Crippen LogP contribution in [0.4, 0.5) is 0 Å². The van der Waals surface area contributed by atoms with Crippen LogP contribution in [0.3, 0.4) is 0 Å². The van der Waals surface area contributed by atoms with Gasteiger partial charge in [0.1, 0.15) is 0 Å². The number of hydrogen-bond acceptors (Lipinski definition) is 4. The Hall–Kier alpha value is -0.420. The third kappa shape index (κ3) is 4.28. The number of hydrogen-bond donors (Lipinski definition) is 1. The largest absolute Gasteiger partial charge is 0.374 e. The van der Waals surface area contributed by atoms with Crippen LogP contribution in [0.25, 0.3) is 0 Å². The average Bonchev–Trinajstić information content (AvgIpc) is 2.93. The van der Waals surface area contributed by atoms with Gasteiger partial charge in [0.25, 0.3) is 0 Å². The molecule has 1 aromatic heterocycles. The molecule has 108 valence electrons. The highest BCUT2D eigenvalue weighted by atomic mass is 32.1. The zero-order valence-corrected chi connectivity index (χ0v) is 13.1. The molecule has 0 aliphatic carbocycles.